The molecule has 3 rings (SSSR count). The monoisotopic (exact) mass is 382 g/mol. The maximum atomic E-state index is 12.3. The Morgan fingerprint density at radius 1 is 1.14 bits per heavy atom. The molecule has 1 aliphatic rings. The van der Waals surface area contributed by atoms with Gasteiger partial charge in [0, 0.05) is 25.5 Å². The normalized spacial score (nSPS) is 12.8. The van der Waals surface area contributed by atoms with E-state index in [1.165, 1.54) is 4.90 Å². The predicted octanol–water partition coefficient (Wildman–Crippen LogP) is 3.04. The highest BCUT2D eigenvalue weighted by Gasteiger charge is 2.24. The van der Waals surface area contributed by atoms with E-state index >= 15 is 0 Å². The Labute approximate surface area is 163 Å². The topological polar surface area (TPSA) is 84.9 Å². The molecule has 1 N–H and O–H groups in total. The Morgan fingerprint density at radius 3 is 2.61 bits per heavy atom. The number of rotatable bonds is 7. The molecule has 2 amide bonds. The van der Waals surface area contributed by atoms with Gasteiger partial charge in [-0.2, -0.15) is 0 Å². The van der Waals surface area contributed by atoms with Gasteiger partial charge in [0.25, 0.3) is 5.91 Å². The Balaban J connectivity index is 1.54. The zero-order valence-electron chi connectivity index (χ0n) is 15.9. The van der Waals surface area contributed by atoms with Crippen LogP contribution in [0.15, 0.2) is 42.5 Å². The minimum atomic E-state index is -0.209. The van der Waals surface area contributed by atoms with Crippen molar-refractivity contribution in [3.63, 3.8) is 0 Å². The summed E-state index contributed by atoms with van der Waals surface area (Å²) in [7, 11) is 3.24. The second-order valence-corrected chi connectivity index (χ2v) is 6.45. The zero-order chi connectivity index (χ0) is 20.1. The number of nitrogens with zero attached hydrogens (tertiary/aromatic N) is 1. The third-order valence-corrected chi connectivity index (χ3v) is 4.56. The first kappa shape index (κ1) is 19.4. The van der Waals surface area contributed by atoms with Crippen LogP contribution in [0.1, 0.15) is 29.6 Å². The van der Waals surface area contributed by atoms with Gasteiger partial charge in [-0.15, -0.1) is 0 Å². The van der Waals surface area contributed by atoms with Gasteiger partial charge in [0.15, 0.2) is 18.1 Å². The third-order valence-electron chi connectivity index (χ3n) is 4.56. The maximum absolute atomic E-state index is 12.3. The molecule has 0 aromatic heterocycles. The summed E-state index contributed by atoms with van der Waals surface area (Å²) in [5, 5.41) is 2.80. The highest BCUT2D eigenvalue weighted by atomic mass is 16.5. The predicted molar refractivity (Wildman–Crippen MR) is 105 cm³/mol. The summed E-state index contributed by atoms with van der Waals surface area (Å²) in [6.45, 7) is -0.0628. The van der Waals surface area contributed by atoms with E-state index in [4.69, 9.17) is 9.47 Å². The van der Waals surface area contributed by atoms with Crippen LogP contribution < -0.4 is 19.7 Å². The summed E-state index contributed by atoms with van der Waals surface area (Å²) in [5.41, 5.74) is 1.73. The molecule has 1 aliphatic heterocycles. The van der Waals surface area contributed by atoms with Crippen LogP contribution >= 0.6 is 0 Å². The number of nitrogens with one attached hydrogen (secondary N) is 1. The Bertz CT molecular complexity index is 892. The van der Waals surface area contributed by atoms with Gasteiger partial charge in [-0.3, -0.25) is 14.4 Å². The largest absolute Gasteiger partial charge is 0.497 e. The lowest BCUT2D eigenvalue weighted by Crippen LogP contribution is -2.35. The molecule has 2 aromatic carbocycles. The average molecular weight is 382 g/mol. The molecule has 0 aliphatic carbocycles. The van der Waals surface area contributed by atoms with Crippen molar-refractivity contribution >= 4 is 29.0 Å². The van der Waals surface area contributed by atoms with Gasteiger partial charge >= 0.3 is 0 Å². The molecule has 1 heterocycles. The van der Waals surface area contributed by atoms with E-state index in [1.54, 1.807) is 56.6 Å². The number of Topliss-reactive ketones (excluding diaryl/α,β-unsaturated/α-hetero) is 1. The van der Waals surface area contributed by atoms with Gasteiger partial charge in [-0.25, -0.2) is 0 Å². The molecule has 28 heavy (non-hydrogen) atoms. The number of anilines is 2. The molecule has 0 radical (unpaired) electrons. The highest BCUT2D eigenvalue weighted by molar-refractivity contribution is 6.01. The van der Waals surface area contributed by atoms with E-state index in [9.17, 15) is 14.4 Å². The number of hydrogen-bond donors (Lipinski definition) is 1. The molecular formula is C21H22N2O5. The van der Waals surface area contributed by atoms with Gasteiger partial charge in [0.1, 0.15) is 5.75 Å². The zero-order valence-corrected chi connectivity index (χ0v) is 15.9. The van der Waals surface area contributed by atoms with Crippen molar-refractivity contribution in [1.29, 1.82) is 0 Å². The molecule has 146 valence electrons. The summed E-state index contributed by atoms with van der Waals surface area (Å²) in [4.78, 5) is 37.7. The summed E-state index contributed by atoms with van der Waals surface area (Å²) >= 11 is 0. The van der Waals surface area contributed by atoms with E-state index in [0.717, 1.165) is 0 Å². The minimum Gasteiger partial charge on any atom is -0.497 e. The Morgan fingerprint density at radius 2 is 1.89 bits per heavy atom. The van der Waals surface area contributed by atoms with E-state index < -0.39 is 0 Å². The van der Waals surface area contributed by atoms with Crippen molar-refractivity contribution in [3.05, 3.63) is 48.0 Å². The summed E-state index contributed by atoms with van der Waals surface area (Å²) < 4.78 is 10.6. The number of amides is 2. The number of para-hydroxylation sites is 1. The van der Waals surface area contributed by atoms with Gasteiger partial charge in [0.2, 0.25) is 5.91 Å². The number of ether oxygens (including phenoxy) is 2. The number of benzene rings is 2. The fourth-order valence-electron chi connectivity index (χ4n) is 2.95. The summed E-state index contributed by atoms with van der Waals surface area (Å²) in [5.74, 6) is 0.798. The Kier molecular flexibility index (Phi) is 5.93. The molecule has 0 saturated heterocycles. The molecule has 0 fully saturated rings. The lowest BCUT2D eigenvalue weighted by Gasteiger charge is -2.27. The lowest BCUT2D eigenvalue weighted by molar-refractivity contribution is -0.121. The van der Waals surface area contributed by atoms with Gasteiger partial charge < -0.3 is 19.7 Å². The number of ketones is 1. The first-order valence-electron chi connectivity index (χ1n) is 8.99. The molecule has 0 atom stereocenters. The van der Waals surface area contributed by atoms with Crippen LogP contribution in [0.5, 0.6) is 11.5 Å². The molecule has 0 unspecified atom stereocenters. The van der Waals surface area contributed by atoms with E-state index in [0.29, 0.717) is 34.9 Å². The highest BCUT2D eigenvalue weighted by Crippen LogP contribution is 2.38. The first-order valence-corrected chi connectivity index (χ1v) is 8.99. The van der Waals surface area contributed by atoms with E-state index in [-0.39, 0.29) is 37.0 Å². The van der Waals surface area contributed by atoms with Gasteiger partial charge in [0.05, 0.1) is 18.5 Å². The molecular weight excluding hydrogens is 360 g/mol. The van der Waals surface area contributed by atoms with Crippen LogP contribution in [0.2, 0.25) is 0 Å². The number of hydrogen-bond acceptors (Lipinski definition) is 5. The fraction of sp³-hybridized carbons (Fsp3) is 0.286. The van der Waals surface area contributed by atoms with Crippen LogP contribution in [-0.2, 0) is 9.59 Å². The van der Waals surface area contributed by atoms with Crippen molar-refractivity contribution in [1.82, 2.24) is 0 Å². The average Bonchev–Trinajstić information content (AvgIpc) is 2.71. The number of carbonyl (C=O) groups is 3. The van der Waals surface area contributed by atoms with Crippen LogP contribution in [-0.4, -0.2) is 38.4 Å². The first-order chi connectivity index (χ1) is 13.5. The molecule has 0 saturated carbocycles. The van der Waals surface area contributed by atoms with Gasteiger partial charge in [-0.1, -0.05) is 6.07 Å². The van der Waals surface area contributed by atoms with Crippen molar-refractivity contribution in [3.8, 4) is 11.5 Å². The van der Waals surface area contributed by atoms with Crippen molar-refractivity contribution < 1.29 is 23.9 Å². The van der Waals surface area contributed by atoms with Crippen LogP contribution in [0.4, 0.5) is 11.4 Å². The molecule has 0 bridgehead atoms. The summed E-state index contributed by atoms with van der Waals surface area (Å²) in [6, 6.07) is 12.1. The van der Waals surface area contributed by atoms with E-state index in [1.807, 2.05) is 0 Å². The maximum Gasteiger partial charge on any atom is 0.264 e. The minimum absolute atomic E-state index is 0.0176. The van der Waals surface area contributed by atoms with Crippen molar-refractivity contribution in [2.24, 2.45) is 0 Å². The van der Waals surface area contributed by atoms with Crippen molar-refractivity contribution in [2.45, 2.75) is 19.3 Å². The molecule has 7 heteroatoms. The lowest BCUT2D eigenvalue weighted by atomic mass is 10.1. The smallest absolute Gasteiger partial charge is 0.264 e. The third kappa shape index (κ3) is 4.31. The number of likely N-dealkylation sites (N-methyl/N-ethyl adjacent to an activating group) is 1. The second kappa shape index (κ2) is 8.56. The molecule has 0 spiro atoms. The van der Waals surface area contributed by atoms with E-state index in [2.05, 4.69) is 5.32 Å². The number of methoxy groups -OCH3 is 1. The van der Waals surface area contributed by atoms with Crippen LogP contribution in [0.25, 0.3) is 0 Å². The van der Waals surface area contributed by atoms with Crippen LogP contribution in [0.3, 0.4) is 0 Å². The van der Waals surface area contributed by atoms with Crippen molar-refractivity contribution in [2.75, 3.05) is 31.0 Å². The Hall–Kier alpha value is -3.35. The molecule has 7 nitrogen and oxygen atoms in total. The van der Waals surface area contributed by atoms with Gasteiger partial charge in [-0.05, 0) is 42.8 Å². The standard InChI is InChI=1S/C21H22N2O5/c1-23-17-6-3-5-16(21(17)28-13-20(23)26)22-19(25)8-4-7-18(24)14-9-11-15(27-2)12-10-14/h3,5-6,9-12H,4,7-8,13H2,1-2H3,(H,22,25). The molecule has 2 aromatic rings. The van der Waals surface area contributed by atoms with Crippen LogP contribution in [0, 0.1) is 0 Å². The number of carbonyl (C=O) groups excluding carboxylic acids is 3. The fourth-order valence-corrected chi connectivity index (χ4v) is 2.95. The summed E-state index contributed by atoms with van der Waals surface area (Å²) in [6.07, 6.45) is 0.922. The SMILES string of the molecule is COc1ccc(C(=O)CCCC(=O)Nc2cccc3c2OCC(=O)N3C)cc1. The second-order valence-electron chi connectivity index (χ2n) is 6.45. The quantitative estimate of drug-likeness (QED) is 0.744. The number of fused-ring (bicyclic) bond motifs is 1.